The number of hydrogen-bond acceptors (Lipinski definition) is 4. The predicted molar refractivity (Wildman–Crippen MR) is 72.2 cm³/mol. The smallest absolute Gasteiger partial charge is 0.456 e. The van der Waals surface area contributed by atoms with E-state index in [9.17, 15) is 66.7 Å². The van der Waals surface area contributed by atoms with Gasteiger partial charge in [0.25, 0.3) is 0 Å². The third-order valence-electron chi connectivity index (χ3n) is 3.35. The first-order valence-corrected chi connectivity index (χ1v) is 7.56. The third kappa shape index (κ3) is 5.27. The minimum absolute atomic E-state index is 1.15. The van der Waals surface area contributed by atoms with Crippen LogP contribution in [0, 0.1) is 5.41 Å². The molecular formula is C14H13F13O4. The monoisotopic (exact) mass is 492 g/mol. The van der Waals surface area contributed by atoms with Crippen LogP contribution in [0.25, 0.3) is 0 Å². The third-order valence-corrected chi connectivity index (χ3v) is 3.35. The molecule has 0 fully saturated rings. The molecule has 0 aliphatic carbocycles. The Balaban J connectivity index is 5.60. The van der Waals surface area contributed by atoms with Crippen molar-refractivity contribution in [3.05, 3.63) is 0 Å². The molecule has 0 bridgehead atoms. The molecule has 0 aromatic carbocycles. The molecule has 0 saturated carbocycles. The molecule has 0 atom stereocenters. The quantitative estimate of drug-likeness (QED) is 0.359. The molecule has 0 unspecified atom stereocenters. The molecule has 0 N–H and O–H groups in total. The van der Waals surface area contributed by atoms with Crippen molar-refractivity contribution in [2.75, 3.05) is 13.2 Å². The standard InChI is InChI=1S/C14H13F13O4/c1-8(2,3)7(29)30-4-6(28)31-5-9(15,16)10(17,18)11(19,20)12(21,22)13(23,24)14(25,26)27/h4-5H2,1-3H3. The van der Waals surface area contributed by atoms with Crippen molar-refractivity contribution in [3.8, 4) is 0 Å². The van der Waals surface area contributed by atoms with Gasteiger partial charge in [-0.25, -0.2) is 4.79 Å². The van der Waals surface area contributed by atoms with Gasteiger partial charge < -0.3 is 9.47 Å². The number of carbonyl (C=O) groups excluding carboxylic acids is 2. The van der Waals surface area contributed by atoms with Gasteiger partial charge in [0, 0.05) is 0 Å². The Morgan fingerprint density at radius 3 is 1.35 bits per heavy atom. The highest BCUT2D eigenvalue weighted by Gasteiger charge is 2.90. The van der Waals surface area contributed by atoms with Crippen LogP contribution < -0.4 is 0 Å². The summed E-state index contributed by atoms with van der Waals surface area (Å²) in [6.45, 7) is -0.956. The lowest BCUT2D eigenvalue weighted by atomic mass is 9.94. The van der Waals surface area contributed by atoms with Gasteiger partial charge in [-0.3, -0.25) is 4.79 Å². The summed E-state index contributed by atoms with van der Waals surface area (Å²) < 4.78 is 175. The summed E-state index contributed by atoms with van der Waals surface area (Å²) in [4.78, 5) is 22.4. The van der Waals surface area contributed by atoms with Crippen LogP contribution in [0.3, 0.4) is 0 Å². The highest BCUT2D eigenvalue weighted by molar-refractivity contribution is 5.79. The molecule has 0 amide bonds. The van der Waals surface area contributed by atoms with E-state index in [2.05, 4.69) is 9.47 Å². The lowest BCUT2D eigenvalue weighted by Crippen LogP contribution is -2.70. The second kappa shape index (κ2) is 8.18. The van der Waals surface area contributed by atoms with Crippen LogP contribution in [0.4, 0.5) is 57.1 Å². The minimum atomic E-state index is -8.04. The van der Waals surface area contributed by atoms with Gasteiger partial charge in [-0.1, -0.05) is 0 Å². The second-order valence-corrected chi connectivity index (χ2v) is 6.99. The Kier molecular flexibility index (Phi) is 7.66. The maximum absolute atomic E-state index is 13.4. The van der Waals surface area contributed by atoms with Gasteiger partial charge in [0.15, 0.2) is 13.2 Å². The molecule has 17 heteroatoms. The fourth-order valence-corrected chi connectivity index (χ4v) is 1.45. The molecule has 4 nitrogen and oxygen atoms in total. The first-order valence-electron chi connectivity index (χ1n) is 7.56. The summed E-state index contributed by atoms with van der Waals surface area (Å²) >= 11 is 0. The van der Waals surface area contributed by atoms with Gasteiger partial charge in [-0.15, -0.1) is 0 Å². The lowest BCUT2D eigenvalue weighted by molar-refractivity contribution is -0.441. The van der Waals surface area contributed by atoms with Crippen molar-refractivity contribution in [2.45, 2.75) is 56.6 Å². The summed E-state index contributed by atoms with van der Waals surface area (Å²) in [6, 6.07) is 0. The molecule has 0 spiro atoms. The number of alkyl halides is 13. The molecule has 0 aliphatic heterocycles. The van der Waals surface area contributed by atoms with Gasteiger partial charge >= 0.3 is 47.7 Å². The summed E-state index contributed by atoms with van der Waals surface area (Å²) in [5, 5.41) is 0. The van der Waals surface area contributed by atoms with Crippen LogP contribution in [-0.4, -0.2) is 60.9 Å². The van der Waals surface area contributed by atoms with Gasteiger partial charge in [-0.2, -0.15) is 57.1 Å². The highest BCUT2D eigenvalue weighted by Crippen LogP contribution is 2.60. The number of rotatable bonds is 8. The summed E-state index contributed by atoms with van der Waals surface area (Å²) in [6.07, 6.45) is -7.52. The zero-order valence-electron chi connectivity index (χ0n) is 15.5. The number of esters is 2. The molecule has 0 aliphatic rings. The van der Waals surface area contributed by atoms with E-state index in [4.69, 9.17) is 0 Å². The number of ether oxygens (including phenoxy) is 2. The van der Waals surface area contributed by atoms with Crippen LogP contribution in [0.15, 0.2) is 0 Å². The fraction of sp³-hybridized carbons (Fsp3) is 0.857. The van der Waals surface area contributed by atoms with E-state index in [-0.39, 0.29) is 0 Å². The van der Waals surface area contributed by atoms with Crippen LogP contribution in [0.5, 0.6) is 0 Å². The average Bonchev–Trinajstić information content (AvgIpc) is 2.55. The number of hydrogen-bond donors (Lipinski definition) is 0. The maximum atomic E-state index is 13.4. The molecule has 0 radical (unpaired) electrons. The van der Waals surface area contributed by atoms with Crippen LogP contribution >= 0.6 is 0 Å². The van der Waals surface area contributed by atoms with Crippen molar-refractivity contribution in [1.82, 2.24) is 0 Å². The molecule has 0 aromatic heterocycles. The largest absolute Gasteiger partial charge is 0.460 e. The molecular weight excluding hydrogens is 479 g/mol. The molecule has 0 aromatic rings. The lowest BCUT2D eigenvalue weighted by Gasteiger charge is -2.39. The van der Waals surface area contributed by atoms with Gasteiger partial charge in [0.2, 0.25) is 0 Å². The highest BCUT2D eigenvalue weighted by atomic mass is 19.4. The SMILES string of the molecule is CC(C)(C)C(=O)OCC(=O)OCC(F)(F)C(F)(F)C(F)(F)C(F)(F)C(F)(F)C(F)(F)F. The van der Waals surface area contributed by atoms with E-state index in [0.717, 1.165) is 0 Å². The minimum Gasteiger partial charge on any atom is -0.456 e. The topological polar surface area (TPSA) is 52.6 Å². The van der Waals surface area contributed by atoms with E-state index in [1.807, 2.05) is 0 Å². The normalized spacial score (nSPS) is 15.0. The van der Waals surface area contributed by atoms with Crippen LogP contribution in [0.2, 0.25) is 0 Å². The zero-order valence-corrected chi connectivity index (χ0v) is 15.5. The van der Waals surface area contributed by atoms with E-state index >= 15 is 0 Å². The zero-order chi connectivity index (χ0) is 25.5. The summed E-state index contributed by atoms with van der Waals surface area (Å²) in [5.74, 6) is -41.2. The van der Waals surface area contributed by atoms with Crippen molar-refractivity contribution in [2.24, 2.45) is 5.41 Å². The molecule has 184 valence electrons. The predicted octanol–water partition coefficient (Wildman–Crippen LogP) is 4.86. The Labute approximate surface area is 164 Å². The van der Waals surface area contributed by atoms with E-state index in [1.165, 1.54) is 20.8 Å². The van der Waals surface area contributed by atoms with E-state index in [1.54, 1.807) is 0 Å². The molecule has 0 saturated heterocycles. The first kappa shape index (κ1) is 29.0. The Hall–Kier alpha value is -1.97. The summed E-state index contributed by atoms with van der Waals surface area (Å²) in [7, 11) is 0. The fourth-order valence-electron chi connectivity index (χ4n) is 1.45. The van der Waals surface area contributed by atoms with E-state index in [0.29, 0.717) is 0 Å². The van der Waals surface area contributed by atoms with Gasteiger partial charge in [-0.05, 0) is 20.8 Å². The summed E-state index contributed by atoms with van der Waals surface area (Å²) in [5.41, 5.74) is -1.26. The molecule has 31 heavy (non-hydrogen) atoms. The molecule has 0 heterocycles. The van der Waals surface area contributed by atoms with Crippen molar-refractivity contribution >= 4 is 11.9 Å². The average molecular weight is 492 g/mol. The van der Waals surface area contributed by atoms with Crippen LogP contribution in [-0.2, 0) is 19.1 Å². The Morgan fingerprint density at radius 1 is 0.613 bits per heavy atom. The van der Waals surface area contributed by atoms with Crippen molar-refractivity contribution in [3.63, 3.8) is 0 Å². The first-order chi connectivity index (χ1) is 13.3. The number of halogens is 13. The maximum Gasteiger partial charge on any atom is 0.460 e. The van der Waals surface area contributed by atoms with Crippen molar-refractivity contribution < 1.29 is 76.1 Å². The second-order valence-electron chi connectivity index (χ2n) is 6.99. The molecule has 0 rings (SSSR count). The Bertz CT molecular complexity index is 677. The van der Waals surface area contributed by atoms with Gasteiger partial charge in [0.1, 0.15) is 0 Å². The number of carbonyl (C=O) groups is 2. The van der Waals surface area contributed by atoms with E-state index < -0.39 is 66.4 Å². The van der Waals surface area contributed by atoms with Crippen LogP contribution in [0.1, 0.15) is 20.8 Å². The van der Waals surface area contributed by atoms with Crippen molar-refractivity contribution in [1.29, 1.82) is 0 Å². The Morgan fingerprint density at radius 2 is 1.00 bits per heavy atom. The van der Waals surface area contributed by atoms with Gasteiger partial charge in [0.05, 0.1) is 5.41 Å².